The Morgan fingerprint density at radius 1 is 1.13 bits per heavy atom. The van der Waals surface area contributed by atoms with Gasteiger partial charge in [0.15, 0.2) is 5.96 Å². The van der Waals surface area contributed by atoms with Crippen LogP contribution in [0.25, 0.3) is 0 Å². The number of aryl methyl sites for hydroxylation is 1. The number of rotatable bonds is 8. The molecule has 1 saturated heterocycles. The van der Waals surface area contributed by atoms with Crippen molar-refractivity contribution >= 4 is 11.9 Å². The summed E-state index contributed by atoms with van der Waals surface area (Å²) in [6, 6.07) is 8.14. The molecular weight excluding hydrogens is 378 g/mol. The van der Waals surface area contributed by atoms with E-state index in [1.165, 1.54) is 5.56 Å². The SMILES string of the molecule is CCOc1cc(C)ccc1CNC(=NC)NCCN1CCN(c2ncccn2)CC1. The molecule has 2 N–H and O–H groups in total. The molecule has 0 unspecified atom stereocenters. The van der Waals surface area contributed by atoms with Crippen molar-refractivity contribution in [1.29, 1.82) is 0 Å². The number of hydrogen-bond donors (Lipinski definition) is 2. The lowest BCUT2D eigenvalue weighted by atomic mass is 10.1. The van der Waals surface area contributed by atoms with Crippen molar-refractivity contribution in [1.82, 2.24) is 25.5 Å². The summed E-state index contributed by atoms with van der Waals surface area (Å²) in [6.45, 7) is 11.1. The highest BCUT2D eigenvalue weighted by Gasteiger charge is 2.18. The van der Waals surface area contributed by atoms with Gasteiger partial charge in [0.25, 0.3) is 0 Å². The number of ether oxygens (including phenoxy) is 1. The molecular formula is C22H33N7O. The molecule has 8 nitrogen and oxygen atoms in total. The van der Waals surface area contributed by atoms with E-state index in [0.717, 1.165) is 62.5 Å². The third kappa shape index (κ3) is 6.32. The fourth-order valence-electron chi connectivity index (χ4n) is 3.46. The Morgan fingerprint density at radius 2 is 1.90 bits per heavy atom. The van der Waals surface area contributed by atoms with Crippen LogP contribution < -0.4 is 20.3 Å². The first-order valence-corrected chi connectivity index (χ1v) is 10.6. The Bertz CT molecular complexity index is 804. The normalized spacial score (nSPS) is 15.2. The van der Waals surface area contributed by atoms with Crippen molar-refractivity contribution in [3.63, 3.8) is 0 Å². The molecule has 0 atom stereocenters. The van der Waals surface area contributed by atoms with Gasteiger partial charge >= 0.3 is 0 Å². The van der Waals surface area contributed by atoms with Crippen LogP contribution in [0.1, 0.15) is 18.1 Å². The van der Waals surface area contributed by atoms with Gasteiger partial charge in [-0.3, -0.25) is 9.89 Å². The van der Waals surface area contributed by atoms with E-state index < -0.39 is 0 Å². The summed E-state index contributed by atoms with van der Waals surface area (Å²) in [4.78, 5) is 17.7. The smallest absolute Gasteiger partial charge is 0.225 e. The molecule has 30 heavy (non-hydrogen) atoms. The monoisotopic (exact) mass is 411 g/mol. The first-order chi connectivity index (χ1) is 14.7. The number of aliphatic imine (C=N–C) groups is 1. The fourth-order valence-corrected chi connectivity index (χ4v) is 3.46. The zero-order chi connectivity index (χ0) is 21.2. The Hall–Kier alpha value is -2.87. The topological polar surface area (TPSA) is 77.9 Å². The van der Waals surface area contributed by atoms with E-state index in [-0.39, 0.29) is 0 Å². The number of piperazine rings is 1. The molecule has 2 heterocycles. The molecule has 1 fully saturated rings. The van der Waals surface area contributed by atoms with Crippen molar-refractivity contribution in [3.8, 4) is 5.75 Å². The van der Waals surface area contributed by atoms with E-state index in [2.05, 4.69) is 60.5 Å². The summed E-state index contributed by atoms with van der Waals surface area (Å²) in [6.07, 6.45) is 3.59. The third-order valence-corrected chi connectivity index (χ3v) is 5.12. The highest BCUT2D eigenvalue weighted by Crippen LogP contribution is 2.20. The maximum Gasteiger partial charge on any atom is 0.225 e. The van der Waals surface area contributed by atoms with Crippen LogP contribution in [0.3, 0.4) is 0 Å². The minimum absolute atomic E-state index is 0.660. The van der Waals surface area contributed by atoms with Crippen LogP contribution >= 0.6 is 0 Å². The molecule has 0 amide bonds. The number of benzene rings is 1. The average Bonchev–Trinajstić information content (AvgIpc) is 2.78. The van der Waals surface area contributed by atoms with Gasteiger partial charge in [-0.15, -0.1) is 0 Å². The predicted octanol–water partition coefficient (Wildman–Crippen LogP) is 1.67. The van der Waals surface area contributed by atoms with Crippen molar-refractivity contribution in [3.05, 3.63) is 47.8 Å². The summed E-state index contributed by atoms with van der Waals surface area (Å²) in [7, 11) is 1.80. The molecule has 0 radical (unpaired) electrons. The van der Waals surface area contributed by atoms with Gasteiger partial charge in [-0.25, -0.2) is 9.97 Å². The molecule has 0 spiro atoms. The average molecular weight is 412 g/mol. The third-order valence-electron chi connectivity index (χ3n) is 5.12. The molecule has 1 aromatic heterocycles. The minimum Gasteiger partial charge on any atom is -0.494 e. The highest BCUT2D eigenvalue weighted by molar-refractivity contribution is 5.79. The van der Waals surface area contributed by atoms with Gasteiger partial charge < -0.3 is 20.3 Å². The summed E-state index contributed by atoms with van der Waals surface area (Å²) < 4.78 is 5.77. The molecule has 0 saturated carbocycles. The van der Waals surface area contributed by atoms with Crippen LogP contribution in [0, 0.1) is 6.92 Å². The maximum absolute atomic E-state index is 5.77. The number of hydrogen-bond acceptors (Lipinski definition) is 6. The quantitative estimate of drug-likeness (QED) is 0.505. The van der Waals surface area contributed by atoms with E-state index in [0.29, 0.717) is 13.2 Å². The van der Waals surface area contributed by atoms with E-state index in [4.69, 9.17) is 4.74 Å². The van der Waals surface area contributed by atoms with Crippen LogP contribution in [0.15, 0.2) is 41.7 Å². The van der Waals surface area contributed by atoms with Crippen molar-refractivity contribution in [2.75, 3.05) is 57.8 Å². The number of nitrogens with zero attached hydrogens (tertiary/aromatic N) is 5. The van der Waals surface area contributed by atoms with E-state index in [1.54, 1.807) is 19.4 Å². The Labute approximate surface area is 179 Å². The summed E-state index contributed by atoms with van der Waals surface area (Å²) in [5.74, 6) is 2.55. The van der Waals surface area contributed by atoms with E-state index >= 15 is 0 Å². The van der Waals surface area contributed by atoms with Crippen LogP contribution in [0.5, 0.6) is 5.75 Å². The lowest BCUT2D eigenvalue weighted by molar-refractivity contribution is 0.260. The van der Waals surface area contributed by atoms with Crippen LogP contribution in [0.2, 0.25) is 0 Å². The van der Waals surface area contributed by atoms with E-state index in [9.17, 15) is 0 Å². The second kappa shape index (κ2) is 11.3. The highest BCUT2D eigenvalue weighted by atomic mass is 16.5. The van der Waals surface area contributed by atoms with Crippen molar-refractivity contribution < 1.29 is 4.74 Å². The van der Waals surface area contributed by atoms with Gasteiger partial charge in [0.05, 0.1) is 6.61 Å². The van der Waals surface area contributed by atoms with Gasteiger partial charge in [-0.05, 0) is 31.5 Å². The molecule has 1 aliphatic rings. The Balaban J connectivity index is 1.39. The first kappa shape index (κ1) is 21.8. The van der Waals surface area contributed by atoms with Crippen molar-refractivity contribution in [2.24, 2.45) is 4.99 Å². The second-order valence-corrected chi connectivity index (χ2v) is 7.27. The fraction of sp³-hybridized carbons (Fsp3) is 0.500. The molecule has 3 rings (SSSR count). The first-order valence-electron chi connectivity index (χ1n) is 10.6. The zero-order valence-electron chi connectivity index (χ0n) is 18.3. The molecule has 1 aliphatic heterocycles. The largest absolute Gasteiger partial charge is 0.494 e. The zero-order valence-corrected chi connectivity index (χ0v) is 18.3. The Morgan fingerprint density at radius 3 is 2.60 bits per heavy atom. The number of aromatic nitrogens is 2. The van der Waals surface area contributed by atoms with Crippen molar-refractivity contribution in [2.45, 2.75) is 20.4 Å². The minimum atomic E-state index is 0.660. The van der Waals surface area contributed by atoms with Gasteiger partial charge in [0.1, 0.15) is 5.75 Å². The van der Waals surface area contributed by atoms with Crippen LogP contribution in [-0.4, -0.2) is 73.8 Å². The van der Waals surface area contributed by atoms with Crippen LogP contribution in [0.4, 0.5) is 5.95 Å². The molecule has 2 aromatic rings. The summed E-state index contributed by atoms with van der Waals surface area (Å²) >= 11 is 0. The second-order valence-electron chi connectivity index (χ2n) is 7.27. The lowest BCUT2D eigenvalue weighted by Gasteiger charge is -2.34. The number of nitrogens with one attached hydrogen (secondary N) is 2. The standard InChI is InChI=1S/C22H33N7O/c1-4-30-20-16-18(2)6-7-19(20)17-27-21(23-3)24-10-11-28-12-14-29(15-13-28)22-25-8-5-9-26-22/h5-9,16H,4,10-15,17H2,1-3H3,(H2,23,24,27). The summed E-state index contributed by atoms with van der Waals surface area (Å²) in [5.41, 5.74) is 2.33. The summed E-state index contributed by atoms with van der Waals surface area (Å²) in [5, 5.41) is 6.80. The van der Waals surface area contributed by atoms with Gasteiger partial charge in [0, 0.05) is 70.8 Å². The number of guanidine groups is 1. The molecule has 8 heteroatoms. The number of anilines is 1. The molecule has 162 valence electrons. The van der Waals surface area contributed by atoms with Crippen LogP contribution in [-0.2, 0) is 6.54 Å². The van der Waals surface area contributed by atoms with Gasteiger partial charge in [-0.1, -0.05) is 12.1 Å². The molecule has 0 bridgehead atoms. The lowest BCUT2D eigenvalue weighted by Crippen LogP contribution is -2.49. The van der Waals surface area contributed by atoms with E-state index in [1.807, 2.05) is 13.0 Å². The Kier molecular flexibility index (Phi) is 8.26. The van der Waals surface area contributed by atoms with Gasteiger partial charge in [-0.2, -0.15) is 0 Å². The van der Waals surface area contributed by atoms with Gasteiger partial charge in [0.2, 0.25) is 5.95 Å². The molecule has 0 aliphatic carbocycles. The molecule has 1 aromatic carbocycles. The predicted molar refractivity (Wildman–Crippen MR) is 121 cm³/mol. The maximum atomic E-state index is 5.77.